The number of ether oxygens (including phenoxy) is 1. The van der Waals surface area contributed by atoms with Gasteiger partial charge in [0.1, 0.15) is 0 Å². The first-order chi connectivity index (χ1) is 8.08. The van der Waals surface area contributed by atoms with Crippen molar-refractivity contribution < 1.29 is 9.53 Å². The molecule has 1 fully saturated rings. The smallest absolute Gasteiger partial charge is 0.244 e. The summed E-state index contributed by atoms with van der Waals surface area (Å²) in [5.74, 6) is -0.0825. The number of amides is 1. The Morgan fingerprint density at radius 3 is 2.71 bits per heavy atom. The minimum absolute atomic E-state index is 0.0825. The molecule has 2 heterocycles. The number of carbonyl (C=O) groups excluding carboxylic acids is 1. The molecule has 1 saturated heterocycles. The topological polar surface area (TPSA) is 56.2 Å². The normalized spacial score (nSPS) is 16.2. The molecule has 17 heavy (non-hydrogen) atoms. The number of nitrogens with one attached hydrogen (secondary N) is 1. The van der Waals surface area contributed by atoms with Gasteiger partial charge in [-0.15, -0.1) is 0 Å². The van der Waals surface area contributed by atoms with E-state index in [0.717, 1.165) is 17.0 Å². The fourth-order valence-corrected chi connectivity index (χ4v) is 1.76. The Bertz CT molecular complexity index is 459. The van der Waals surface area contributed by atoms with E-state index in [4.69, 9.17) is 4.74 Å². The first kappa shape index (κ1) is 11.9. The maximum atomic E-state index is 11.6. The van der Waals surface area contributed by atoms with Gasteiger partial charge in [0.15, 0.2) is 0 Å². The highest BCUT2D eigenvalue weighted by molar-refractivity contribution is 5.92. The maximum absolute atomic E-state index is 11.6. The molecule has 1 aromatic heterocycles. The highest BCUT2D eigenvalue weighted by atomic mass is 16.5. The van der Waals surface area contributed by atoms with Gasteiger partial charge in [0.25, 0.3) is 0 Å². The quantitative estimate of drug-likeness (QED) is 0.779. The number of carbonyl (C=O) groups is 1. The van der Waals surface area contributed by atoms with Crippen LogP contribution in [-0.2, 0) is 16.6 Å². The van der Waals surface area contributed by atoms with E-state index in [0.29, 0.717) is 13.2 Å². The van der Waals surface area contributed by atoms with Crippen LogP contribution in [0.4, 0.5) is 0 Å². The molecule has 0 radical (unpaired) electrons. The van der Waals surface area contributed by atoms with Gasteiger partial charge in [-0.2, -0.15) is 5.10 Å². The Kier molecular flexibility index (Phi) is 3.28. The van der Waals surface area contributed by atoms with Crippen LogP contribution >= 0.6 is 0 Å². The molecule has 2 rings (SSSR count). The Morgan fingerprint density at radius 2 is 2.24 bits per heavy atom. The largest absolute Gasteiger partial charge is 0.377 e. The molecule has 0 atom stereocenters. The van der Waals surface area contributed by atoms with E-state index in [2.05, 4.69) is 10.4 Å². The molecule has 0 aliphatic carbocycles. The monoisotopic (exact) mass is 235 g/mol. The lowest BCUT2D eigenvalue weighted by Crippen LogP contribution is -2.48. The summed E-state index contributed by atoms with van der Waals surface area (Å²) in [5, 5.41) is 7.14. The average Bonchev–Trinajstić information content (AvgIpc) is 2.45. The van der Waals surface area contributed by atoms with Gasteiger partial charge in [0.05, 0.1) is 24.9 Å². The maximum Gasteiger partial charge on any atom is 0.244 e. The Labute approximate surface area is 100 Å². The number of aryl methyl sites for hydroxylation is 2. The van der Waals surface area contributed by atoms with Crippen LogP contribution in [0.25, 0.3) is 6.08 Å². The molecule has 5 nitrogen and oxygen atoms in total. The van der Waals surface area contributed by atoms with Crippen molar-refractivity contribution in [1.29, 1.82) is 0 Å². The fraction of sp³-hybridized carbons (Fsp3) is 0.500. The van der Waals surface area contributed by atoms with E-state index in [-0.39, 0.29) is 11.9 Å². The third-order valence-electron chi connectivity index (χ3n) is 2.95. The summed E-state index contributed by atoms with van der Waals surface area (Å²) in [5.41, 5.74) is 2.99. The summed E-state index contributed by atoms with van der Waals surface area (Å²) < 4.78 is 6.80. The van der Waals surface area contributed by atoms with E-state index < -0.39 is 0 Å². The number of aromatic nitrogens is 2. The molecule has 5 heteroatoms. The first-order valence-corrected chi connectivity index (χ1v) is 5.64. The molecule has 0 unspecified atom stereocenters. The van der Waals surface area contributed by atoms with Gasteiger partial charge in [-0.3, -0.25) is 9.48 Å². The second-order valence-corrected chi connectivity index (χ2v) is 4.28. The van der Waals surface area contributed by atoms with Crippen molar-refractivity contribution in [1.82, 2.24) is 15.1 Å². The minimum atomic E-state index is -0.0825. The van der Waals surface area contributed by atoms with Crippen LogP contribution in [0.1, 0.15) is 17.0 Å². The second-order valence-electron chi connectivity index (χ2n) is 4.28. The van der Waals surface area contributed by atoms with Gasteiger partial charge in [-0.05, 0) is 19.9 Å². The van der Waals surface area contributed by atoms with Crippen LogP contribution in [0.2, 0.25) is 0 Å². The van der Waals surface area contributed by atoms with Crippen molar-refractivity contribution in [3.63, 3.8) is 0 Å². The Morgan fingerprint density at radius 1 is 1.53 bits per heavy atom. The van der Waals surface area contributed by atoms with Crippen LogP contribution in [0, 0.1) is 13.8 Å². The third-order valence-corrected chi connectivity index (χ3v) is 2.95. The van der Waals surface area contributed by atoms with E-state index in [1.54, 1.807) is 6.08 Å². The molecule has 0 aromatic carbocycles. The van der Waals surface area contributed by atoms with Gasteiger partial charge >= 0.3 is 0 Å². The molecule has 92 valence electrons. The van der Waals surface area contributed by atoms with Crippen molar-refractivity contribution in [2.45, 2.75) is 19.9 Å². The summed E-state index contributed by atoms with van der Waals surface area (Å²) in [6, 6.07) is 0.170. The third kappa shape index (κ3) is 2.55. The first-order valence-electron chi connectivity index (χ1n) is 5.64. The standard InChI is InChI=1S/C12H17N3O2/c1-8-11(9(2)15(3)14-8)4-5-12(16)13-10-6-17-7-10/h4-5,10H,6-7H2,1-3H3,(H,13,16). The lowest BCUT2D eigenvalue weighted by atomic mass is 10.2. The summed E-state index contributed by atoms with van der Waals surface area (Å²) in [6.45, 7) is 5.15. The van der Waals surface area contributed by atoms with Gasteiger partial charge in [0.2, 0.25) is 5.91 Å². The highest BCUT2D eigenvalue weighted by Crippen LogP contribution is 2.13. The highest BCUT2D eigenvalue weighted by Gasteiger charge is 2.19. The predicted octanol–water partition coefficient (Wildman–Crippen LogP) is 0.565. The van der Waals surface area contributed by atoms with Gasteiger partial charge in [-0.1, -0.05) is 0 Å². The molecular weight excluding hydrogens is 218 g/mol. The Hall–Kier alpha value is -1.62. The second kappa shape index (κ2) is 4.71. The lowest BCUT2D eigenvalue weighted by molar-refractivity contribution is -0.120. The number of hydrogen-bond acceptors (Lipinski definition) is 3. The molecule has 1 aliphatic rings. The van der Waals surface area contributed by atoms with Crippen LogP contribution in [-0.4, -0.2) is 34.9 Å². The van der Waals surface area contributed by atoms with Crippen molar-refractivity contribution >= 4 is 12.0 Å². The zero-order valence-electron chi connectivity index (χ0n) is 10.4. The van der Waals surface area contributed by atoms with Crippen LogP contribution in [0.5, 0.6) is 0 Å². The zero-order valence-corrected chi connectivity index (χ0v) is 10.4. The molecule has 0 saturated carbocycles. The molecule has 1 amide bonds. The van der Waals surface area contributed by atoms with Crippen molar-refractivity contribution in [3.05, 3.63) is 23.0 Å². The summed E-state index contributed by atoms with van der Waals surface area (Å²) in [4.78, 5) is 11.6. The van der Waals surface area contributed by atoms with E-state index in [1.165, 1.54) is 0 Å². The predicted molar refractivity (Wildman–Crippen MR) is 64.5 cm³/mol. The fourth-order valence-electron chi connectivity index (χ4n) is 1.76. The Balaban J connectivity index is 2.01. The molecule has 1 aromatic rings. The number of hydrogen-bond donors (Lipinski definition) is 1. The minimum Gasteiger partial charge on any atom is -0.377 e. The summed E-state index contributed by atoms with van der Waals surface area (Å²) >= 11 is 0. The van der Waals surface area contributed by atoms with Crippen molar-refractivity contribution in [2.24, 2.45) is 7.05 Å². The summed E-state index contributed by atoms with van der Waals surface area (Å²) in [7, 11) is 1.89. The van der Waals surface area contributed by atoms with Gasteiger partial charge < -0.3 is 10.1 Å². The van der Waals surface area contributed by atoms with Gasteiger partial charge in [0, 0.05) is 24.4 Å². The zero-order chi connectivity index (χ0) is 12.4. The van der Waals surface area contributed by atoms with E-state index in [9.17, 15) is 4.79 Å². The van der Waals surface area contributed by atoms with Gasteiger partial charge in [-0.25, -0.2) is 0 Å². The number of rotatable bonds is 3. The lowest BCUT2D eigenvalue weighted by Gasteiger charge is -2.26. The van der Waals surface area contributed by atoms with Crippen molar-refractivity contribution in [3.8, 4) is 0 Å². The average molecular weight is 235 g/mol. The van der Waals surface area contributed by atoms with E-state index >= 15 is 0 Å². The van der Waals surface area contributed by atoms with Crippen LogP contribution in [0.15, 0.2) is 6.08 Å². The number of nitrogens with zero attached hydrogens (tertiary/aromatic N) is 2. The summed E-state index contributed by atoms with van der Waals surface area (Å²) in [6.07, 6.45) is 3.36. The molecule has 0 spiro atoms. The molecule has 1 aliphatic heterocycles. The molecule has 0 bridgehead atoms. The molecular formula is C12H17N3O2. The SMILES string of the molecule is Cc1nn(C)c(C)c1C=CC(=O)NC1COC1. The van der Waals surface area contributed by atoms with Crippen molar-refractivity contribution in [2.75, 3.05) is 13.2 Å². The van der Waals surface area contributed by atoms with E-state index in [1.807, 2.05) is 31.7 Å². The van der Waals surface area contributed by atoms with Crippen LogP contribution < -0.4 is 5.32 Å². The molecule has 1 N–H and O–H groups in total. The van der Waals surface area contributed by atoms with Crippen LogP contribution in [0.3, 0.4) is 0 Å².